The maximum absolute atomic E-state index is 13.1. The highest BCUT2D eigenvalue weighted by Crippen LogP contribution is 2.68. The molecule has 4 aliphatic rings. The third kappa shape index (κ3) is 2.39. The zero-order valence-electron chi connectivity index (χ0n) is 12.7. The highest BCUT2D eigenvalue weighted by Gasteiger charge is 2.58. The fourth-order valence-corrected chi connectivity index (χ4v) is 7.54. The van der Waals surface area contributed by atoms with Crippen molar-refractivity contribution in [3.8, 4) is 0 Å². The maximum Gasteiger partial charge on any atom is 0.347 e. The van der Waals surface area contributed by atoms with Crippen LogP contribution in [0.15, 0.2) is 0 Å². The van der Waals surface area contributed by atoms with E-state index in [0.29, 0.717) is 13.2 Å². The fourth-order valence-electron chi connectivity index (χ4n) is 5.43. The summed E-state index contributed by atoms with van der Waals surface area (Å²) in [6.45, 7) is 4.52. The van der Waals surface area contributed by atoms with Gasteiger partial charge in [-0.3, -0.25) is 4.57 Å². The largest absolute Gasteiger partial charge is 0.347 e. The van der Waals surface area contributed by atoms with Gasteiger partial charge in [0.1, 0.15) is 5.78 Å². The molecule has 0 heterocycles. The first-order valence-electron chi connectivity index (χ1n) is 8.15. The Hall–Kier alpha value is 0.110. The van der Waals surface area contributed by atoms with Gasteiger partial charge in [-0.05, 0) is 75.5 Å². The molecule has 4 rings (SSSR count). The van der Waals surface area contributed by atoms with Crippen molar-refractivity contribution >= 4 is 7.60 Å². The zero-order valence-corrected chi connectivity index (χ0v) is 13.6. The molecule has 0 amide bonds. The van der Waals surface area contributed by atoms with Crippen molar-refractivity contribution in [2.24, 2.45) is 28.9 Å². The topological polar surface area (TPSA) is 61.5 Å². The van der Waals surface area contributed by atoms with Gasteiger partial charge in [0.25, 0.3) is 0 Å². The Morgan fingerprint density at radius 1 is 1.05 bits per heavy atom. The third-order valence-corrected chi connectivity index (χ3v) is 8.14. The minimum atomic E-state index is -3.18. The van der Waals surface area contributed by atoms with E-state index in [1.54, 1.807) is 0 Å². The number of hydrogen-bond acceptors (Lipinski definition) is 4. The van der Waals surface area contributed by atoms with Crippen molar-refractivity contribution in [1.82, 2.24) is 0 Å². The van der Waals surface area contributed by atoms with Crippen LogP contribution in [-0.2, 0) is 13.6 Å². The smallest absolute Gasteiger partial charge is 0.317 e. The Kier molecular flexibility index (Phi) is 4.05. The van der Waals surface area contributed by atoms with Gasteiger partial charge >= 0.3 is 7.60 Å². The maximum atomic E-state index is 13.1. The van der Waals surface area contributed by atoms with E-state index in [1.807, 2.05) is 13.8 Å². The van der Waals surface area contributed by atoms with Crippen LogP contribution in [0.1, 0.15) is 52.4 Å². The highest BCUT2D eigenvalue weighted by molar-refractivity contribution is 7.54. The van der Waals surface area contributed by atoms with Gasteiger partial charge in [-0.1, -0.05) is 0 Å². The molecular formula is C15H28NO3P. The van der Waals surface area contributed by atoms with Gasteiger partial charge in [0.15, 0.2) is 0 Å². The molecule has 0 spiro atoms. The summed E-state index contributed by atoms with van der Waals surface area (Å²) in [6, 6.07) is 0. The summed E-state index contributed by atoms with van der Waals surface area (Å²) in [5.74, 6) is 1.94. The lowest BCUT2D eigenvalue weighted by molar-refractivity contribution is -0.0583. The van der Waals surface area contributed by atoms with E-state index in [2.05, 4.69) is 0 Å². The highest BCUT2D eigenvalue weighted by atomic mass is 31.2. The van der Waals surface area contributed by atoms with Gasteiger partial charge in [-0.2, -0.15) is 0 Å². The van der Waals surface area contributed by atoms with Crippen LogP contribution < -0.4 is 5.73 Å². The first kappa shape index (κ1) is 15.0. The van der Waals surface area contributed by atoms with E-state index in [-0.39, 0.29) is 5.41 Å². The molecule has 0 aromatic rings. The Bertz CT molecular complexity index is 367. The Morgan fingerprint density at radius 3 is 1.80 bits per heavy atom. The second-order valence-electron chi connectivity index (χ2n) is 7.10. The molecule has 4 nitrogen and oxygen atoms in total. The van der Waals surface area contributed by atoms with Crippen molar-refractivity contribution in [2.75, 3.05) is 13.2 Å². The van der Waals surface area contributed by atoms with Gasteiger partial charge in [-0.15, -0.1) is 0 Å². The molecule has 2 N–H and O–H groups in total. The molecule has 4 saturated carbocycles. The third-order valence-electron chi connectivity index (χ3n) is 5.67. The molecule has 1 atom stereocenters. The van der Waals surface area contributed by atoms with Crippen LogP contribution in [0.5, 0.6) is 0 Å². The van der Waals surface area contributed by atoms with Gasteiger partial charge in [0.2, 0.25) is 0 Å². The molecule has 0 aromatic heterocycles. The van der Waals surface area contributed by atoms with Crippen molar-refractivity contribution in [2.45, 2.75) is 58.2 Å². The monoisotopic (exact) mass is 301 g/mol. The van der Waals surface area contributed by atoms with E-state index in [9.17, 15) is 4.57 Å². The zero-order chi connectivity index (χ0) is 14.4. The summed E-state index contributed by atoms with van der Waals surface area (Å²) in [5, 5.41) is 0. The van der Waals surface area contributed by atoms with E-state index in [4.69, 9.17) is 14.8 Å². The lowest BCUT2D eigenvalue weighted by Crippen LogP contribution is -2.54. The van der Waals surface area contributed by atoms with Gasteiger partial charge in [-0.25, -0.2) is 0 Å². The van der Waals surface area contributed by atoms with E-state index in [1.165, 1.54) is 19.3 Å². The van der Waals surface area contributed by atoms with Crippen LogP contribution in [0, 0.1) is 23.2 Å². The summed E-state index contributed by atoms with van der Waals surface area (Å²) in [5.41, 5.74) is 6.52. The summed E-state index contributed by atoms with van der Waals surface area (Å²) in [7, 11) is -3.18. The molecule has 5 heteroatoms. The Balaban J connectivity index is 1.85. The molecule has 20 heavy (non-hydrogen) atoms. The number of rotatable bonds is 6. The summed E-state index contributed by atoms with van der Waals surface area (Å²) >= 11 is 0. The summed E-state index contributed by atoms with van der Waals surface area (Å²) in [6.07, 6.45) is 7.47. The molecular weight excluding hydrogens is 273 g/mol. The van der Waals surface area contributed by atoms with Crippen LogP contribution in [0.3, 0.4) is 0 Å². The second-order valence-corrected chi connectivity index (χ2v) is 9.25. The predicted molar refractivity (Wildman–Crippen MR) is 79.4 cm³/mol. The minimum absolute atomic E-state index is 0.00855. The SMILES string of the molecule is CCOP(=O)(OCC)[C@H](N)C12CC3CC(CC(C3)C1)C2. The number of hydrogen-bond donors (Lipinski definition) is 1. The van der Waals surface area contributed by atoms with Gasteiger partial charge < -0.3 is 14.8 Å². The molecule has 4 bridgehead atoms. The molecule has 4 aliphatic carbocycles. The quantitative estimate of drug-likeness (QED) is 0.759. The van der Waals surface area contributed by atoms with Crippen molar-refractivity contribution in [3.63, 3.8) is 0 Å². The van der Waals surface area contributed by atoms with Crippen molar-refractivity contribution in [1.29, 1.82) is 0 Å². The predicted octanol–water partition coefficient (Wildman–Crippen LogP) is 3.75. The Morgan fingerprint density at radius 2 is 1.45 bits per heavy atom. The first-order chi connectivity index (χ1) is 9.51. The van der Waals surface area contributed by atoms with E-state index >= 15 is 0 Å². The van der Waals surface area contributed by atoms with E-state index in [0.717, 1.165) is 37.0 Å². The number of nitrogens with two attached hydrogens (primary N) is 1. The van der Waals surface area contributed by atoms with E-state index < -0.39 is 13.4 Å². The molecule has 116 valence electrons. The fraction of sp³-hybridized carbons (Fsp3) is 1.00. The van der Waals surface area contributed by atoms with Crippen LogP contribution in [-0.4, -0.2) is 19.0 Å². The van der Waals surface area contributed by atoms with Crippen molar-refractivity contribution < 1.29 is 13.6 Å². The Labute approximate surface area is 122 Å². The second kappa shape index (κ2) is 5.39. The first-order valence-corrected chi connectivity index (χ1v) is 9.77. The molecule has 0 saturated heterocycles. The van der Waals surface area contributed by atoms with Crippen LogP contribution >= 0.6 is 7.60 Å². The summed E-state index contributed by atoms with van der Waals surface area (Å²) < 4.78 is 24.1. The molecule has 0 aromatic carbocycles. The minimum Gasteiger partial charge on any atom is -0.317 e. The summed E-state index contributed by atoms with van der Waals surface area (Å²) in [4.78, 5) is 0. The average Bonchev–Trinajstić information content (AvgIpc) is 2.36. The molecule has 4 fully saturated rings. The molecule has 0 aliphatic heterocycles. The van der Waals surface area contributed by atoms with Crippen LogP contribution in [0.25, 0.3) is 0 Å². The normalized spacial score (nSPS) is 41.0. The van der Waals surface area contributed by atoms with Gasteiger partial charge in [0.05, 0.1) is 13.2 Å². The lowest BCUT2D eigenvalue weighted by Gasteiger charge is -2.59. The standard InChI is InChI=1S/C15H28NO3P/c1-3-18-20(17,19-4-2)14(16)15-8-11-5-12(9-15)7-13(6-11)10-15/h11-14H,3-10,16H2,1-2H3/t11?,12?,13?,14-,15?/m0/s1. The van der Waals surface area contributed by atoms with Crippen LogP contribution in [0.4, 0.5) is 0 Å². The molecule has 0 unspecified atom stereocenters. The lowest BCUT2D eigenvalue weighted by atomic mass is 9.49. The van der Waals surface area contributed by atoms with Crippen LogP contribution in [0.2, 0.25) is 0 Å². The average molecular weight is 301 g/mol. The van der Waals surface area contributed by atoms with Gasteiger partial charge in [0, 0.05) is 0 Å². The van der Waals surface area contributed by atoms with Crippen molar-refractivity contribution in [3.05, 3.63) is 0 Å². The molecule has 0 radical (unpaired) electrons.